The highest BCUT2D eigenvalue weighted by Gasteiger charge is 2.20. The summed E-state index contributed by atoms with van der Waals surface area (Å²) in [5.74, 6) is 0.424. The number of nitrogens with one attached hydrogen (secondary N) is 1. The molecule has 0 aliphatic rings. The smallest absolute Gasteiger partial charge is 0.256 e. The van der Waals surface area contributed by atoms with Crippen LogP contribution in [0.25, 0.3) is 21.6 Å². The van der Waals surface area contributed by atoms with Gasteiger partial charge in [0.1, 0.15) is 12.4 Å². The molecule has 33 heavy (non-hydrogen) atoms. The van der Waals surface area contributed by atoms with Gasteiger partial charge in [-0.25, -0.2) is 4.98 Å². The minimum Gasteiger partial charge on any atom is -0.487 e. The van der Waals surface area contributed by atoms with Crippen LogP contribution in [0, 0.1) is 6.92 Å². The fourth-order valence-corrected chi connectivity index (χ4v) is 4.36. The Morgan fingerprint density at radius 2 is 2.03 bits per heavy atom. The van der Waals surface area contributed by atoms with Crippen LogP contribution in [0.2, 0.25) is 0 Å². The molecule has 0 saturated heterocycles. The zero-order valence-electron chi connectivity index (χ0n) is 18.1. The molecule has 0 atom stereocenters. The number of benzene rings is 1. The standard InChI is InChI=1S/C25H21N5O2S/c1-16-23-20(14-21(22-10-6-12-33-22)28-24(23)30(2)29-16)25(31)27-17-8-5-9-19(13-17)32-15-18-7-3-4-11-26-18/h3-14H,15H2,1-2H3,(H,27,31). The van der Waals surface area contributed by atoms with E-state index in [-0.39, 0.29) is 5.91 Å². The van der Waals surface area contributed by atoms with Crippen LogP contribution < -0.4 is 10.1 Å². The van der Waals surface area contributed by atoms with Crippen LogP contribution >= 0.6 is 11.3 Å². The number of fused-ring (bicyclic) bond motifs is 1. The Balaban J connectivity index is 1.43. The molecule has 0 aliphatic heterocycles. The molecule has 4 aromatic heterocycles. The Morgan fingerprint density at radius 1 is 1.12 bits per heavy atom. The first kappa shape index (κ1) is 20.8. The van der Waals surface area contributed by atoms with Crippen LogP contribution in [0.5, 0.6) is 5.75 Å². The number of ether oxygens (including phenoxy) is 1. The molecule has 0 unspecified atom stereocenters. The molecular weight excluding hydrogens is 434 g/mol. The van der Waals surface area contributed by atoms with E-state index < -0.39 is 0 Å². The number of thiophene rings is 1. The van der Waals surface area contributed by atoms with E-state index >= 15 is 0 Å². The number of hydrogen-bond acceptors (Lipinski definition) is 6. The second kappa shape index (κ2) is 8.84. The van der Waals surface area contributed by atoms with Gasteiger partial charge in [0.05, 0.1) is 32.9 Å². The number of pyridine rings is 2. The maximum atomic E-state index is 13.4. The summed E-state index contributed by atoms with van der Waals surface area (Å²) < 4.78 is 7.56. The third-order valence-corrected chi connectivity index (χ3v) is 6.08. The molecule has 0 aliphatic carbocycles. The molecule has 1 amide bonds. The van der Waals surface area contributed by atoms with Crippen LogP contribution in [-0.4, -0.2) is 25.7 Å². The largest absolute Gasteiger partial charge is 0.487 e. The first-order valence-corrected chi connectivity index (χ1v) is 11.3. The summed E-state index contributed by atoms with van der Waals surface area (Å²) in [6.45, 7) is 2.24. The van der Waals surface area contributed by atoms with Crippen LogP contribution in [0.15, 0.2) is 72.2 Å². The summed E-state index contributed by atoms with van der Waals surface area (Å²) in [5.41, 5.74) is 4.19. The molecule has 1 N–H and O–H groups in total. The van der Waals surface area contributed by atoms with Gasteiger partial charge in [0.15, 0.2) is 5.65 Å². The van der Waals surface area contributed by atoms with E-state index in [0.717, 1.165) is 27.3 Å². The van der Waals surface area contributed by atoms with Crippen LogP contribution in [0.1, 0.15) is 21.7 Å². The number of nitrogens with zero attached hydrogens (tertiary/aromatic N) is 4. The Kier molecular flexibility index (Phi) is 5.58. The molecule has 7 nitrogen and oxygen atoms in total. The van der Waals surface area contributed by atoms with Gasteiger partial charge in [0.2, 0.25) is 0 Å². The van der Waals surface area contributed by atoms with E-state index in [4.69, 9.17) is 9.72 Å². The number of rotatable bonds is 6. The molecular formula is C25H21N5O2S. The average Bonchev–Trinajstić information content (AvgIpc) is 3.47. The number of aryl methyl sites for hydroxylation is 2. The van der Waals surface area contributed by atoms with E-state index in [1.165, 1.54) is 0 Å². The second-order valence-electron chi connectivity index (χ2n) is 7.53. The SMILES string of the molecule is Cc1nn(C)c2nc(-c3cccs3)cc(C(=O)Nc3cccc(OCc4ccccn4)c3)c12. The Hall–Kier alpha value is -4.04. The molecule has 0 spiro atoms. The maximum Gasteiger partial charge on any atom is 0.256 e. The van der Waals surface area contributed by atoms with Crippen molar-refractivity contribution in [3.05, 3.63) is 89.2 Å². The fraction of sp³-hybridized carbons (Fsp3) is 0.120. The van der Waals surface area contributed by atoms with E-state index in [1.807, 2.05) is 73.9 Å². The van der Waals surface area contributed by atoms with E-state index in [0.29, 0.717) is 29.3 Å². The molecule has 0 fully saturated rings. The van der Waals surface area contributed by atoms with Crippen molar-refractivity contribution in [2.45, 2.75) is 13.5 Å². The third kappa shape index (κ3) is 4.33. The van der Waals surface area contributed by atoms with E-state index in [2.05, 4.69) is 15.4 Å². The predicted octanol–water partition coefficient (Wildman–Crippen LogP) is 5.23. The first-order valence-electron chi connectivity index (χ1n) is 10.4. The number of amides is 1. The average molecular weight is 456 g/mol. The zero-order valence-corrected chi connectivity index (χ0v) is 19.0. The first-order chi connectivity index (χ1) is 16.1. The highest BCUT2D eigenvalue weighted by molar-refractivity contribution is 7.13. The van der Waals surface area contributed by atoms with Gasteiger partial charge in [-0.2, -0.15) is 5.10 Å². The monoisotopic (exact) mass is 455 g/mol. The highest BCUT2D eigenvalue weighted by Crippen LogP contribution is 2.30. The minimum atomic E-state index is -0.224. The van der Waals surface area contributed by atoms with Crippen LogP contribution in [-0.2, 0) is 13.7 Å². The van der Waals surface area contributed by atoms with Crippen molar-refractivity contribution in [3.63, 3.8) is 0 Å². The lowest BCUT2D eigenvalue weighted by atomic mass is 10.1. The van der Waals surface area contributed by atoms with Gasteiger partial charge in [-0.05, 0) is 48.7 Å². The Morgan fingerprint density at radius 3 is 2.82 bits per heavy atom. The second-order valence-corrected chi connectivity index (χ2v) is 8.48. The van der Waals surface area contributed by atoms with E-state index in [9.17, 15) is 4.79 Å². The van der Waals surface area contributed by atoms with Gasteiger partial charge in [-0.15, -0.1) is 11.3 Å². The summed E-state index contributed by atoms with van der Waals surface area (Å²) in [4.78, 5) is 23.4. The highest BCUT2D eigenvalue weighted by atomic mass is 32.1. The Bertz CT molecular complexity index is 1430. The molecule has 0 radical (unpaired) electrons. The summed E-state index contributed by atoms with van der Waals surface area (Å²) in [6, 6.07) is 18.8. The van der Waals surface area contributed by atoms with Crippen molar-refractivity contribution in [1.82, 2.24) is 19.7 Å². The summed E-state index contributed by atoms with van der Waals surface area (Å²) in [5, 5.41) is 10.2. The summed E-state index contributed by atoms with van der Waals surface area (Å²) in [6.07, 6.45) is 1.73. The number of aromatic nitrogens is 4. The molecule has 5 aromatic rings. The lowest BCUT2D eigenvalue weighted by molar-refractivity contribution is 0.102. The van der Waals surface area contributed by atoms with Crippen molar-refractivity contribution in [2.24, 2.45) is 7.05 Å². The fourth-order valence-electron chi connectivity index (χ4n) is 3.68. The topological polar surface area (TPSA) is 81.9 Å². The molecule has 8 heteroatoms. The quantitative estimate of drug-likeness (QED) is 0.379. The van der Waals surface area contributed by atoms with Gasteiger partial charge in [-0.1, -0.05) is 18.2 Å². The van der Waals surface area contributed by atoms with Gasteiger partial charge < -0.3 is 10.1 Å². The number of anilines is 1. The zero-order chi connectivity index (χ0) is 22.8. The number of carbonyl (C=O) groups is 1. The van der Waals surface area contributed by atoms with Crippen molar-refractivity contribution in [1.29, 1.82) is 0 Å². The molecule has 5 rings (SSSR count). The molecule has 0 saturated carbocycles. The van der Waals surface area contributed by atoms with Crippen LogP contribution in [0.4, 0.5) is 5.69 Å². The predicted molar refractivity (Wildman–Crippen MR) is 130 cm³/mol. The van der Waals surface area contributed by atoms with Crippen molar-refractivity contribution in [2.75, 3.05) is 5.32 Å². The molecule has 4 heterocycles. The summed E-state index contributed by atoms with van der Waals surface area (Å²) in [7, 11) is 1.84. The normalized spacial score (nSPS) is 11.0. The van der Waals surface area contributed by atoms with Crippen molar-refractivity contribution < 1.29 is 9.53 Å². The van der Waals surface area contributed by atoms with Gasteiger partial charge >= 0.3 is 0 Å². The maximum absolute atomic E-state index is 13.4. The van der Waals surface area contributed by atoms with Gasteiger partial charge in [0, 0.05) is 25.0 Å². The Labute approximate surface area is 194 Å². The third-order valence-electron chi connectivity index (χ3n) is 5.19. The van der Waals surface area contributed by atoms with Crippen molar-refractivity contribution >= 4 is 34.0 Å². The lowest BCUT2D eigenvalue weighted by Crippen LogP contribution is -2.13. The lowest BCUT2D eigenvalue weighted by Gasteiger charge is -2.11. The van der Waals surface area contributed by atoms with E-state index in [1.54, 1.807) is 28.3 Å². The number of hydrogen-bond donors (Lipinski definition) is 1. The minimum absolute atomic E-state index is 0.224. The molecule has 164 valence electrons. The van der Waals surface area contributed by atoms with Crippen molar-refractivity contribution in [3.8, 4) is 16.3 Å². The van der Waals surface area contributed by atoms with Gasteiger partial charge in [0.25, 0.3) is 5.91 Å². The molecule has 1 aromatic carbocycles. The summed E-state index contributed by atoms with van der Waals surface area (Å²) >= 11 is 1.58. The number of carbonyl (C=O) groups excluding carboxylic acids is 1. The molecule has 0 bridgehead atoms. The van der Waals surface area contributed by atoms with Gasteiger partial charge in [-0.3, -0.25) is 14.5 Å². The van der Waals surface area contributed by atoms with Crippen LogP contribution in [0.3, 0.4) is 0 Å².